The number of hydrogen-bond donors (Lipinski definition) is 1. The average molecular weight is 393 g/mol. The lowest BCUT2D eigenvalue weighted by Gasteiger charge is -2.08. The molecule has 4 rings (SSSR count). The first-order valence-corrected chi connectivity index (χ1v) is 9.45. The maximum atomic E-state index is 12.6. The van der Waals surface area contributed by atoms with E-state index in [1.54, 1.807) is 12.1 Å². The summed E-state index contributed by atoms with van der Waals surface area (Å²) in [6.45, 7) is 0.308. The first-order chi connectivity index (χ1) is 13.6. The minimum Gasteiger partial charge on any atom is -0.457 e. The molecule has 0 unspecified atom stereocenters. The Hall–Kier alpha value is -2.60. The fourth-order valence-corrected chi connectivity index (χ4v) is 3.49. The first kappa shape index (κ1) is 18.8. The molecule has 1 aliphatic heterocycles. The van der Waals surface area contributed by atoms with Gasteiger partial charge in [-0.1, -0.05) is 41.9 Å². The summed E-state index contributed by atoms with van der Waals surface area (Å²) in [5, 5.41) is 10.2. The van der Waals surface area contributed by atoms with E-state index in [9.17, 15) is 9.82 Å². The lowest BCUT2D eigenvalue weighted by atomic mass is 9.78. The summed E-state index contributed by atoms with van der Waals surface area (Å²) in [7, 11) is -0.990. The van der Waals surface area contributed by atoms with Gasteiger partial charge in [0.2, 0.25) is 0 Å². The van der Waals surface area contributed by atoms with Crippen molar-refractivity contribution in [3.8, 4) is 11.5 Å². The zero-order valence-electron chi connectivity index (χ0n) is 15.1. The van der Waals surface area contributed by atoms with Crippen LogP contribution < -0.4 is 10.2 Å². The van der Waals surface area contributed by atoms with Gasteiger partial charge in [-0.05, 0) is 59.4 Å². The fraction of sp³-hybridized carbons (Fsp3) is 0.136. The normalized spacial score (nSPS) is 12.7. The zero-order valence-corrected chi connectivity index (χ0v) is 15.9. The number of ketones is 1. The molecule has 1 aliphatic rings. The van der Waals surface area contributed by atoms with Crippen LogP contribution in [0.25, 0.3) is 0 Å². The fourth-order valence-electron chi connectivity index (χ4n) is 3.20. The van der Waals surface area contributed by atoms with E-state index in [1.165, 1.54) is 0 Å². The average Bonchev–Trinajstić information content (AvgIpc) is 3.07. The second-order valence-electron chi connectivity index (χ2n) is 6.68. The van der Waals surface area contributed by atoms with E-state index < -0.39 is 7.12 Å². The lowest BCUT2D eigenvalue weighted by Crippen LogP contribution is -2.29. The van der Waals surface area contributed by atoms with Crippen molar-refractivity contribution in [2.24, 2.45) is 0 Å². The molecule has 3 aromatic rings. The van der Waals surface area contributed by atoms with Gasteiger partial charge in [0.05, 0.1) is 11.6 Å². The monoisotopic (exact) mass is 392 g/mol. The van der Waals surface area contributed by atoms with Gasteiger partial charge >= 0.3 is 7.12 Å². The van der Waals surface area contributed by atoms with Crippen molar-refractivity contribution < 1.29 is 19.2 Å². The maximum absolute atomic E-state index is 12.6. The third-order valence-corrected chi connectivity index (χ3v) is 5.05. The van der Waals surface area contributed by atoms with Crippen LogP contribution in [0.15, 0.2) is 66.7 Å². The third-order valence-electron chi connectivity index (χ3n) is 4.74. The van der Waals surface area contributed by atoms with Crippen molar-refractivity contribution in [2.45, 2.75) is 19.4 Å². The van der Waals surface area contributed by atoms with Gasteiger partial charge in [0.25, 0.3) is 0 Å². The predicted octanol–water partition coefficient (Wildman–Crippen LogP) is 4.17. The molecule has 0 atom stereocenters. The number of carbonyl (C=O) groups excluding carboxylic acids is 1. The minimum absolute atomic E-state index is 0.0588. The molecule has 0 bridgehead atoms. The first-order valence-electron chi connectivity index (χ1n) is 9.07. The van der Waals surface area contributed by atoms with E-state index >= 15 is 0 Å². The minimum atomic E-state index is -0.990. The number of carbonyl (C=O) groups is 1. The summed E-state index contributed by atoms with van der Waals surface area (Å²) in [5.74, 6) is 1.47. The molecular weight excluding hydrogens is 375 g/mol. The van der Waals surface area contributed by atoms with Crippen LogP contribution in [0.3, 0.4) is 0 Å². The molecule has 3 aromatic carbocycles. The number of benzene rings is 3. The Balaban J connectivity index is 1.39. The Morgan fingerprint density at radius 3 is 2.54 bits per heavy atom. The van der Waals surface area contributed by atoms with Crippen molar-refractivity contribution in [2.75, 3.05) is 0 Å². The predicted molar refractivity (Wildman–Crippen MR) is 109 cm³/mol. The van der Waals surface area contributed by atoms with Gasteiger partial charge in [-0.2, -0.15) is 0 Å². The number of halogens is 1. The smallest absolute Gasteiger partial charge is 0.457 e. The standard InChI is InChI=1S/C22H18BClO4/c24-21-12-16-14-27-23(26)20(16)13-19(21)22(25)11-8-15-6-9-18(10-7-15)28-17-4-2-1-3-5-17/h1-7,9-10,12-13,26H,8,11,14H2. The Bertz CT molecular complexity index is 989. The van der Waals surface area contributed by atoms with Crippen molar-refractivity contribution in [1.29, 1.82) is 0 Å². The van der Waals surface area contributed by atoms with Gasteiger partial charge < -0.3 is 14.4 Å². The van der Waals surface area contributed by atoms with Crippen LogP contribution >= 0.6 is 11.6 Å². The zero-order chi connectivity index (χ0) is 19.5. The van der Waals surface area contributed by atoms with E-state index in [1.807, 2.05) is 54.6 Å². The summed E-state index contributed by atoms with van der Waals surface area (Å²) in [5.41, 5.74) is 2.90. The summed E-state index contributed by atoms with van der Waals surface area (Å²) >= 11 is 6.26. The quantitative estimate of drug-likeness (QED) is 0.505. The third kappa shape index (κ3) is 4.12. The molecule has 28 heavy (non-hydrogen) atoms. The maximum Gasteiger partial charge on any atom is 0.491 e. The number of Topliss-reactive ketones (excluding diaryl/α,β-unsaturated/α-hetero) is 1. The molecule has 1 heterocycles. The Kier molecular flexibility index (Phi) is 5.48. The van der Waals surface area contributed by atoms with Crippen LogP contribution in [-0.4, -0.2) is 17.9 Å². The molecule has 0 fully saturated rings. The van der Waals surface area contributed by atoms with Crippen LogP contribution in [0.5, 0.6) is 11.5 Å². The van der Waals surface area contributed by atoms with Crippen molar-refractivity contribution in [3.05, 3.63) is 88.4 Å². The number of rotatable bonds is 6. The molecule has 0 aliphatic carbocycles. The molecule has 0 saturated carbocycles. The van der Waals surface area contributed by atoms with Gasteiger partial charge in [0.1, 0.15) is 11.5 Å². The summed E-state index contributed by atoms with van der Waals surface area (Å²) < 4.78 is 10.9. The lowest BCUT2D eigenvalue weighted by molar-refractivity contribution is 0.0983. The molecule has 1 N–H and O–H groups in total. The summed E-state index contributed by atoms with van der Waals surface area (Å²) in [6.07, 6.45) is 0.922. The molecule has 6 heteroatoms. The van der Waals surface area contributed by atoms with Gasteiger partial charge in [0.15, 0.2) is 5.78 Å². The van der Waals surface area contributed by atoms with Gasteiger partial charge in [-0.3, -0.25) is 4.79 Å². The highest BCUT2D eigenvalue weighted by Gasteiger charge is 2.29. The molecule has 0 saturated heterocycles. The summed E-state index contributed by atoms with van der Waals surface area (Å²) in [4.78, 5) is 12.6. The van der Waals surface area contributed by atoms with Crippen LogP contribution in [0.1, 0.15) is 27.9 Å². The Labute approximate surface area is 168 Å². The van der Waals surface area contributed by atoms with Crippen molar-refractivity contribution in [3.63, 3.8) is 0 Å². The van der Waals surface area contributed by atoms with Gasteiger partial charge in [0, 0.05) is 12.0 Å². The van der Waals surface area contributed by atoms with Crippen LogP contribution in [0.2, 0.25) is 5.02 Å². The van der Waals surface area contributed by atoms with E-state index in [0.717, 1.165) is 22.6 Å². The number of aryl methyl sites for hydroxylation is 1. The van der Waals surface area contributed by atoms with Gasteiger partial charge in [-0.25, -0.2) is 0 Å². The topological polar surface area (TPSA) is 55.8 Å². The number of ether oxygens (including phenoxy) is 1. The molecule has 0 amide bonds. The van der Waals surface area contributed by atoms with E-state index in [-0.39, 0.29) is 5.78 Å². The van der Waals surface area contributed by atoms with Crippen LogP contribution in [0, 0.1) is 0 Å². The highest BCUT2D eigenvalue weighted by atomic mass is 35.5. The highest BCUT2D eigenvalue weighted by molar-refractivity contribution is 6.61. The van der Waals surface area contributed by atoms with Crippen LogP contribution in [-0.2, 0) is 17.7 Å². The largest absolute Gasteiger partial charge is 0.491 e. The molecule has 140 valence electrons. The number of para-hydroxylation sites is 1. The van der Waals surface area contributed by atoms with Crippen LogP contribution in [0.4, 0.5) is 0 Å². The van der Waals surface area contributed by atoms with E-state index in [4.69, 9.17) is 21.0 Å². The molecule has 0 radical (unpaired) electrons. The Morgan fingerprint density at radius 1 is 1.07 bits per heavy atom. The molecular formula is C22H18BClO4. The van der Waals surface area contributed by atoms with E-state index in [0.29, 0.717) is 35.5 Å². The number of hydrogen-bond acceptors (Lipinski definition) is 4. The molecule has 4 nitrogen and oxygen atoms in total. The van der Waals surface area contributed by atoms with Crippen molar-refractivity contribution >= 4 is 30.0 Å². The van der Waals surface area contributed by atoms with Crippen molar-refractivity contribution in [1.82, 2.24) is 0 Å². The Morgan fingerprint density at radius 2 is 1.79 bits per heavy atom. The summed E-state index contributed by atoms with van der Waals surface area (Å²) in [6, 6.07) is 20.6. The number of fused-ring (bicyclic) bond motifs is 1. The highest BCUT2D eigenvalue weighted by Crippen LogP contribution is 2.24. The van der Waals surface area contributed by atoms with Gasteiger partial charge in [-0.15, -0.1) is 0 Å². The molecule has 0 spiro atoms. The SMILES string of the molecule is O=C(CCc1ccc(Oc2ccccc2)cc1)c1cc2c(cc1Cl)COB2O. The second kappa shape index (κ2) is 8.19. The second-order valence-corrected chi connectivity index (χ2v) is 7.08. The molecule has 0 aromatic heterocycles. The van der Waals surface area contributed by atoms with E-state index in [2.05, 4.69) is 0 Å².